The molecule has 1 fully saturated rings. The molecule has 0 saturated carbocycles. The van der Waals surface area contributed by atoms with Crippen molar-refractivity contribution in [3.05, 3.63) is 84.3 Å². The Kier molecular flexibility index (Phi) is 7.58. The molecule has 4 aromatic rings. The summed E-state index contributed by atoms with van der Waals surface area (Å²) in [7, 11) is 1.55. The van der Waals surface area contributed by atoms with Gasteiger partial charge in [-0.25, -0.2) is 14.1 Å². The molecule has 3 aromatic carbocycles. The molecule has 0 aliphatic carbocycles. The number of amides is 3. The number of carbonyl (C=O) groups is 2. The molecule has 200 valence electrons. The number of nitrogens with zero attached hydrogens (tertiary/aromatic N) is 3. The summed E-state index contributed by atoms with van der Waals surface area (Å²) < 4.78 is 32.5. The third-order valence-electron chi connectivity index (χ3n) is 6.39. The van der Waals surface area contributed by atoms with Crippen LogP contribution in [0.3, 0.4) is 0 Å². The quantitative estimate of drug-likeness (QED) is 0.177. The zero-order valence-corrected chi connectivity index (χ0v) is 21.7. The van der Waals surface area contributed by atoms with Crippen LogP contribution in [-0.4, -0.2) is 42.1 Å². The number of benzene rings is 3. The van der Waals surface area contributed by atoms with Crippen molar-refractivity contribution in [2.24, 2.45) is 0 Å². The number of carbonyl (C=O) groups excluding carboxylic acids is 2. The smallest absolute Gasteiger partial charge is 0.332 e. The number of urea groups is 1. The lowest BCUT2D eigenvalue weighted by Gasteiger charge is -2.18. The van der Waals surface area contributed by atoms with Gasteiger partial charge in [0.05, 0.1) is 24.9 Å². The highest BCUT2D eigenvalue weighted by Crippen LogP contribution is 2.38. The van der Waals surface area contributed by atoms with Gasteiger partial charge < -0.3 is 19.1 Å². The number of imide groups is 1. The van der Waals surface area contributed by atoms with Gasteiger partial charge in [0.15, 0.2) is 23.1 Å². The fourth-order valence-corrected chi connectivity index (χ4v) is 4.38. The lowest BCUT2D eigenvalue weighted by molar-refractivity contribution is -0.116. The predicted octanol–water partition coefficient (Wildman–Crippen LogP) is 6.32. The van der Waals surface area contributed by atoms with Crippen LogP contribution in [0.15, 0.2) is 72.9 Å². The van der Waals surface area contributed by atoms with E-state index in [1.54, 1.807) is 31.5 Å². The first-order chi connectivity index (χ1) is 19.0. The molecule has 0 atom stereocenters. The van der Waals surface area contributed by atoms with Crippen molar-refractivity contribution in [3.63, 3.8) is 0 Å². The minimum atomic E-state index is -0.717. The monoisotopic (exact) mass is 529 g/mol. The van der Waals surface area contributed by atoms with Gasteiger partial charge in [0.1, 0.15) is 12.3 Å². The number of aromatic nitrogens is 1. The van der Waals surface area contributed by atoms with Crippen LogP contribution in [0.25, 0.3) is 10.9 Å². The number of fused-ring (bicyclic) bond motifs is 1. The number of unbranched alkanes of at least 4 members (excludes halogenated alkanes) is 1. The van der Waals surface area contributed by atoms with Crippen molar-refractivity contribution in [2.75, 3.05) is 25.2 Å². The normalized spacial score (nSPS) is 13.3. The Bertz CT molecular complexity index is 1510. The molecular weight excluding hydrogens is 501 g/mol. The van der Waals surface area contributed by atoms with E-state index in [9.17, 15) is 9.59 Å². The summed E-state index contributed by atoms with van der Waals surface area (Å²) in [6.07, 6.45) is 3.48. The molecule has 1 aromatic heterocycles. The van der Waals surface area contributed by atoms with Crippen molar-refractivity contribution < 1.29 is 28.2 Å². The fraction of sp³-hybridized carbons (Fsp3) is 0.233. The second-order valence-electron chi connectivity index (χ2n) is 9.10. The lowest BCUT2D eigenvalue weighted by atomic mass is 10.1. The van der Waals surface area contributed by atoms with Crippen molar-refractivity contribution in [2.45, 2.75) is 26.3 Å². The number of methoxy groups -OCH3 is 1. The summed E-state index contributed by atoms with van der Waals surface area (Å²) in [4.78, 5) is 32.5. The van der Waals surface area contributed by atoms with E-state index >= 15 is 4.39 Å². The first kappa shape index (κ1) is 26.0. The second kappa shape index (κ2) is 11.4. The number of hydrogen-bond donors (Lipinski definition) is 0. The van der Waals surface area contributed by atoms with E-state index < -0.39 is 17.8 Å². The topological polar surface area (TPSA) is 81.2 Å². The van der Waals surface area contributed by atoms with Crippen molar-refractivity contribution in [1.82, 2.24) is 9.88 Å². The largest absolute Gasteiger partial charge is 0.493 e. The maximum atomic E-state index is 15.2. The highest BCUT2D eigenvalue weighted by Gasteiger charge is 2.37. The van der Waals surface area contributed by atoms with Gasteiger partial charge in [0.2, 0.25) is 0 Å². The molecule has 9 heteroatoms. The van der Waals surface area contributed by atoms with Crippen LogP contribution in [-0.2, 0) is 11.3 Å². The predicted molar refractivity (Wildman–Crippen MR) is 145 cm³/mol. The van der Waals surface area contributed by atoms with Gasteiger partial charge >= 0.3 is 6.03 Å². The van der Waals surface area contributed by atoms with E-state index in [2.05, 4.69) is 11.9 Å². The summed E-state index contributed by atoms with van der Waals surface area (Å²) in [5.74, 6) is 0.249. The summed E-state index contributed by atoms with van der Waals surface area (Å²) in [5.41, 5.74) is 1.64. The Balaban J connectivity index is 1.37. The summed E-state index contributed by atoms with van der Waals surface area (Å²) >= 11 is 0. The van der Waals surface area contributed by atoms with Gasteiger partial charge in [0.25, 0.3) is 5.91 Å². The molecule has 0 radical (unpaired) electrons. The van der Waals surface area contributed by atoms with E-state index in [0.717, 1.165) is 29.4 Å². The molecule has 0 spiro atoms. The van der Waals surface area contributed by atoms with Crippen LogP contribution in [0.4, 0.5) is 14.9 Å². The average molecular weight is 530 g/mol. The number of halogens is 1. The van der Waals surface area contributed by atoms with Crippen LogP contribution in [0.5, 0.6) is 23.0 Å². The molecule has 0 unspecified atom stereocenters. The number of anilines is 1. The molecule has 1 aliphatic rings. The molecule has 2 heterocycles. The van der Waals surface area contributed by atoms with Gasteiger partial charge in [-0.2, -0.15) is 0 Å². The molecule has 5 rings (SSSR count). The number of hydrogen-bond acceptors (Lipinski definition) is 6. The molecule has 3 amide bonds. The van der Waals surface area contributed by atoms with Crippen molar-refractivity contribution in [1.29, 1.82) is 0 Å². The van der Waals surface area contributed by atoms with Crippen LogP contribution in [0, 0.1) is 5.82 Å². The second-order valence-corrected chi connectivity index (χ2v) is 9.10. The van der Waals surface area contributed by atoms with E-state index in [0.29, 0.717) is 34.8 Å². The van der Waals surface area contributed by atoms with Crippen LogP contribution in [0.1, 0.15) is 25.3 Å². The standard InChI is InChI=1S/C30H28FN3O5/c1-3-4-14-38-28-17-24-22(16-27(28)37-2)25(12-13-32-24)39-26-11-10-21(15-23(26)31)34-29(35)19-33(30(34)36)18-20-8-6-5-7-9-20/h5-13,15-17H,3-4,14,18-19H2,1-2H3. The van der Waals surface area contributed by atoms with E-state index in [4.69, 9.17) is 14.2 Å². The van der Waals surface area contributed by atoms with E-state index in [-0.39, 0.29) is 24.5 Å². The zero-order chi connectivity index (χ0) is 27.4. The van der Waals surface area contributed by atoms with E-state index in [1.807, 2.05) is 30.3 Å². The third kappa shape index (κ3) is 5.47. The molecule has 8 nitrogen and oxygen atoms in total. The minimum absolute atomic E-state index is 0.0614. The zero-order valence-electron chi connectivity index (χ0n) is 21.7. The molecule has 1 aliphatic heterocycles. The summed E-state index contributed by atoms with van der Waals surface area (Å²) in [6, 6.07) is 18.0. The Morgan fingerprint density at radius 1 is 0.949 bits per heavy atom. The SMILES string of the molecule is CCCCOc1cc2nccc(Oc3ccc(N4C(=O)CN(Cc5ccccc5)C4=O)cc3F)c2cc1OC. The van der Waals surface area contributed by atoms with Crippen molar-refractivity contribution >= 4 is 28.5 Å². The van der Waals surface area contributed by atoms with Crippen molar-refractivity contribution in [3.8, 4) is 23.0 Å². The Hall–Kier alpha value is -4.66. The molecular formula is C30H28FN3O5. The van der Waals surface area contributed by atoms with Gasteiger partial charge in [-0.15, -0.1) is 0 Å². The molecule has 39 heavy (non-hydrogen) atoms. The van der Waals surface area contributed by atoms with Gasteiger partial charge in [-0.05, 0) is 36.2 Å². The Labute approximate surface area is 225 Å². The maximum Gasteiger partial charge on any atom is 0.332 e. The van der Waals surface area contributed by atoms with Gasteiger partial charge in [-0.1, -0.05) is 43.7 Å². The number of ether oxygens (including phenoxy) is 3. The average Bonchev–Trinajstić information content (AvgIpc) is 3.22. The maximum absolute atomic E-state index is 15.2. The summed E-state index contributed by atoms with van der Waals surface area (Å²) in [5, 5.41) is 0.613. The van der Waals surface area contributed by atoms with Gasteiger partial charge in [-0.3, -0.25) is 9.78 Å². The van der Waals surface area contributed by atoms with Crippen LogP contribution >= 0.6 is 0 Å². The first-order valence-electron chi connectivity index (χ1n) is 12.7. The Morgan fingerprint density at radius 2 is 1.77 bits per heavy atom. The molecule has 1 saturated heterocycles. The number of pyridine rings is 1. The highest BCUT2D eigenvalue weighted by molar-refractivity contribution is 6.19. The minimum Gasteiger partial charge on any atom is -0.493 e. The highest BCUT2D eigenvalue weighted by atomic mass is 19.1. The van der Waals surface area contributed by atoms with Crippen LogP contribution < -0.4 is 19.1 Å². The Morgan fingerprint density at radius 3 is 2.51 bits per heavy atom. The third-order valence-corrected chi connectivity index (χ3v) is 6.39. The van der Waals surface area contributed by atoms with Crippen LogP contribution in [0.2, 0.25) is 0 Å². The molecule has 0 N–H and O–H groups in total. The molecule has 0 bridgehead atoms. The lowest BCUT2D eigenvalue weighted by Crippen LogP contribution is -2.32. The summed E-state index contributed by atoms with van der Waals surface area (Å²) in [6.45, 7) is 2.84. The first-order valence-corrected chi connectivity index (χ1v) is 12.7. The van der Waals surface area contributed by atoms with E-state index in [1.165, 1.54) is 17.0 Å². The van der Waals surface area contributed by atoms with Gasteiger partial charge in [0, 0.05) is 30.3 Å². The fourth-order valence-electron chi connectivity index (χ4n) is 4.38. The number of rotatable bonds is 10.